The van der Waals surface area contributed by atoms with Gasteiger partial charge in [0.05, 0.1) is 0 Å². The van der Waals surface area contributed by atoms with Crippen molar-refractivity contribution in [3.8, 4) is 17.2 Å². The summed E-state index contributed by atoms with van der Waals surface area (Å²) >= 11 is 0. The van der Waals surface area contributed by atoms with Crippen molar-refractivity contribution in [1.29, 1.82) is 0 Å². The van der Waals surface area contributed by atoms with Crippen molar-refractivity contribution >= 4 is 11.6 Å². The van der Waals surface area contributed by atoms with E-state index in [1.54, 1.807) is 24.3 Å². The average molecular weight is 438 g/mol. The Morgan fingerprint density at radius 1 is 0.969 bits per heavy atom. The Balaban J connectivity index is 1.46. The monoisotopic (exact) mass is 437 g/mol. The van der Waals surface area contributed by atoms with Crippen LogP contribution in [0.2, 0.25) is 0 Å². The Hall–Kier alpha value is -3.45. The molecule has 0 spiro atoms. The van der Waals surface area contributed by atoms with Gasteiger partial charge in [-0.05, 0) is 48.4 Å². The highest BCUT2D eigenvalue weighted by atomic mass is 16.5. The molecule has 0 radical (unpaired) electrons. The van der Waals surface area contributed by atoms with Crippen LogP contribution in [0.15, 0.2) is 67.8 Å². The molecule has 0 unspecified atom stereocenters. The van der Waals surface area contributed by atoms with E-state index in [1.807, 2.05) is 35.3 Å². The molecule has 0 aliphatic carbocycles. The molecule has 1 aliphatic heterocycles. The first-order valence-electron chi connectivity index (χ1n) is 10.8. The number of aromatic hydroxyl groups is 1. The van der Waals surface area contributed by atoms with Gasteiger partial charge in [-0.25, -0.2) is 5.01 Å². The van der Waals surface area contributed by atoms with E-state index < -0.39 is 0 Å². The number of hydrogen-bond donors (Lipinski definition) is 2. The molecule has 0 bridgehead atoms. The highest BCUT2D eigenvalue weighted by Gasteiger charge is 2.19. The molecule has 2 N–H and O–H groups in total. The van der Waals surface area contributed by atoms with E-state index in [-0.39, 0.29) is 11.7 Å². The van der Waals surface area contributed by atoms with Gasteiger partial charge in [0, 0.05) is 38.3 Å². The summed E-state index contributed by atoms with van der Waals surface area (Å²) in [5.74, 6) is 1.53. The Labute approximate surface area is 189 Å². The van der Waals surface area contributed by atoms with Gasteiger partial charge in [-0.2, -0.15) is 0 Å². The highest BCUT2D eigenvalue weighted by molar-refractivity contribution is 5.75. The van der Waals surface area contributed by atoms with Gasteiger partial charge in [0.1, 0.15) is 19.0 Å². The van der Waals surface area contributed by atoms with Crippen LogP contribution in [0, 0.1) is 0 Å². The number of phenols is 1. The fourth-order valence-corrected chi connectivity index (χ4v) is 3.47. The van der Waals surface area contributed by atoms with Crippen molar-refractivity contribution in [3.63, 3.8) is 0 Å². The number of aryl methyl sites for hydroxylation is 1. The summed E-state index contributed by atoms with van der Waals surface area (Å²) in [6.45, 7) is 11.2. The number of carbonyl (C=O) groups is 1. The molecule has 2 aromatic rings. The molecule has 170 valence electrons. The molecule has 0 atom stereocenters. The number of rotatable bonds is 11. The Morgan fingerprint density at radius 3 is 2.28 bits per heavy atom. The molecule has 0 saturated carbocycles. The topological polar surface area (TPSA) is 74.3 Å². The molecule has 1 heterocycles. The second-order valence-corrected chi connectivity index (χ2v) is 7.51. The van der Waals surface area contributed by atoms with Crippen LogP contribution in [0.4, 0.5) is 5.69 Å². The first-order valence-corrected chi connectivity index (χ1v) is 10.8. The molecule has 3 rings (SSSR count). The normalized spacial score (nSPS) is 13.9. The quantitative estimate of drug-likeness (QED) is 0.526. The van der Waals surface area contributed by atoms with Crippen molar-refractivity contribution in [3.05, 3.63) is 73.3 Å². The van der Waals surface area contributed by atoms with E-state index in [9.17, 15) is 9.90 Å². The van der Waals surface area contributed by atoms with E-state index in [1.165, 1.54) is 0 Å². The third kappa shape index (κ3) is 6.78. The molecule has 1 saturated heterocycles. The molecule has 7 heteroatoms. The van der Waals surface area contributed by atoms with Gasteiger partial charge in [-0.15, -0.1) is 0 Å². The number of ether oxygens (including phenoxy) is 2. The summed E-state index contributed by atoms with van der Waals surface area (Å²) in [5.41, 5.74) is 5.08. The predicted octanol–water partition coefficient (Wildman–Crippen LogP) is 3.31. The minimum absolute atomic E-state index is 0.0105. The van der Waals surface area contributed by atoms with Crippen molar-refractivity contribution < 1.29 is 19.4 Å². The molecule has 1 amide bonds. The fraction of sp³-hybridized carbons (Fsp3) is 0.320. The number of hydrogen-bond acceptors (Lipinski definition) is 6. The third-order valence-electron chi connectivity index (χ3n) is 5.14. The number of carbonyl (C=O) groups excluding carboxylic acids is 1. The van der Waals surface area contributed by atoms with Gasteiger partial charge in [0.15, 0.2) is 11.5 Å². The standard InChI is InChI=1S/C25H31N3O4/c1-3-17-31-23-11-5-20(19-24(23)32-18-4-2)6-12-25(30)26-28-15-13-27(14-16-28)21-7-9-22(29)10-8-21/h3-5,7-11,19,29H,1-2,6,12-18H2,(H,26,30). The third-order valence-corrected chi connectivity index (χ3v) is 5.14. The van der Waals surface area contributed by atoms with E-state index in [2.05, 4.69) is 23.5 Å². The van der Waals surface area contributed by atoms with Crippen LogP contribution in [0.5, 0.6) is 17.2 Å². The van der Waals surface area contributed by atoms with E-state index in [0.29, 0.717) is 37.6 Å². The van der Waals surface area contributed by atoms with Crippen LogP contribution in [-0.2, 0) is 11.2 Å². The van der Waals surface area contributed by atoms with Crippen LogP contribution < -0.4 is 19.8 Å². The van der Waals surface area contributed by atoms with Gasteiger partial charge in [-0.1, -0.05) is 31.4 Å². The molecule has 2 aromatic carbocycles. The van der Waals surface area contributed by atoms with Crippen LogP contribution in [-0.4, -0.2) is 55.4 Å². The average Bonchev–Trinajstić information content (AvgIpc) is 2.81. The summed E-state index contributed by atoms with van der Waals surface area (Å²) in [4.78, 5) is 14.7. The Morgan fingerprint density at radius 2 is 1.62 bits per heavy atom. The smallest absolute Gasteiger partial charge is 0.234 e. The summed E-state index contributed by atoms with van der Waals surface area (Å²) in [6, 6.07) is 12.9. The summed E-state index contributed by atoms with van der Waals surface area (Å²) in [7, 11) is 0. The largest absolute Gasteiger partial charge is 0.508 e. The molecular formula is C25H31N3O4. The number of nitrogens with zero attached hydrogens (tertiary/aromatic N) is 2. The van der Waals surface area contributed by atoms with Gasteiger partial charge >= 0.3 is 0 Å². The molecule has 1 fully saturated rings. The number of benzene rings is 2. The van der Waals surface area contributed by atoms with Gasteiger partial charge in [0.25, 0.3) is 0 Å². The van der Waals surface area contributed by atoms with E-state index in [0.717, 1.165) is 37.4 Å². The summed E-state index contributed by atoms with van der Waals surface area (Å²) in [6.07, 6.45) is 4.34. The lowest BCUT2D eigenvalue weighted by Crippen LogP contribution is -2.53. The Kier molecular flexibility index (Phi) is 8.57. The first kappa shape index (κ1) is 23.2. The fourth-order valence-electron chi connectivity index (χ4n) is 3.47. The SMILES string of the molecule is C=CCOc1ccc(CCC(=O)NN2CCN(c3ccc(O)cc3)CC2)cc1OCC=C. The zero-order chi connectivity index (χ0) is 22.8. The zero-order valence-electron chi connectivity index (χ0n) is 18.3. The van der Waals surface area contributed by atoms with Crippen molar-refractivity contribution in [2.45, 2.75) is 12.8 Å². The maximum atomic E-state index is 12.5. The number of amides is 1. The van der Waals surface area contributed by atoms with E-state index >= 15 is 0 Å². The molecule has 0 aromatic heterocycles. The molecular weight excluding hydrogens is 406 g/mol. The van der Waals surface area contributed by atoms with Gasteiger partial charge < -0.3 is 19.5 Å². The minimum Gasteiger partial charge on any atom is -0.508 e. The zero-order valence-corrected chi connectivity index (χ0v) is 18.3. The second kappa shape index (κ2) is 11.8. The Bertz CT molecular complexity index is 906. The van der Waals surface area contributed by atoms with Gasteiger partial charge in [0.2, 0.25) is 5.91 Å². The number of anilines is 1. The van der Waals surface area contributed by atoms with Crippen LogP contribution >= 0.6 is 0 Å². The predicted molar refractivity (Wildman–Crippen MR) is 126 cm³/mol. The first-order chi connectivity index (χ1) is 15.6. The van der Waals surface area contributed by atoms with Crippen molar-refractivity contribution in [2.24, 2.45) is 0 Å². The highest BCUT2D eigenvalue weighted by Crippen LogP contribution is 2.29. The summed E-state index contributed by atoms with van der Waals surface area (Å²) < 4.78 is 11.3. The molecule has 7 nitrogen and oxygen atoms in total. The molecule has 32 heavy (non-hydrogen) atoms. The second-order valence-electron chi connectivity index (χ2n) is 7.51. The lowest BCUT2D eigenvalue weighted by molar-refractivity contribution is -0.126. The van der Waals surface area contributed by atoms with Crippen molar-refractivity contribution in [1.82, 2.24) is 10.4 Å². The van der Waals surface area contributed by atoms with Crippen LogP contribution in [0.25, 0.3) is 0 Å². The number of phenolic OH excluding ortho intramolecular Hbond substituents is 1. The molecule has 1 aliphatic rings. The minimum atomic E-state index is -0.0105. The maximum absolute atomic E-state index is 12.5. The number of nitrogens with one attached hydrogen (secondary N) is 1. The van der Waals surface area contributed by atoms with Crippen LogP contribution in [0.1, 0.15) is 12.0 Å². The van der Waals surface area contributed by atoms with Crippen LogP contribution in [0.3, 0.4) is 0 Å². The lowest BCUT2D eigenvalue weighted by Gasteiger charge is -2.36. The number of hydrazine groups is 1. The summed E-state index contributed by atoms with van der Waals surface area (Å²) in [5, 5.41) is 11.4. The van der Waals surface area contributed by atoms with Gasteiger partial charge in [-0.3, -0.25) is 10.2 Å². The lowest BCUT2D eigenvalue weighted by atomic mass is 10.1. The van der Waals surface area contributed by atoms with E-state index in [4.69, 9.17) is 9.47 Å². The van der Waals surface area contributed by atoms with Crippen molar-refractivity contribution in [2.75, 3.05) is 44.3 Å². The number of piperazine rings is 1. The maximum Gasteiger partial charge on any atom is 0.234 e.